The lowest BCUT2D eigenvalue weighted by Crippen LogP contribution is -1.83. The van der Waals surface area contributed by atoms with Crippen molar-refractivity contribution in [3.05, 3.63) is 24.0 Å². The number of ether oxygens (including phenoxy) is 1. The molecule has 0 saturated heterocycles. The lowest BCUT2D eigenvalue weighted by atomic mass is 10.3. The highest BCUT2D eigenvalue weighted by molar-refractivity contribution is 5.38. The van der Waals surface area contributed by atoms with Gasteiger partial charge in [0.15, 0.2) is 11.6 Å². The minimum Gasteiger partial charge on any atom is -0.493 e. The van der Waals surface area contributed by atoms with Crippen molar-refractivity contribution >= 4 is 0 Å². The van der Waals surface area contributed by atoms with E-state index in [0.29, 0.717) is 0 Å². The summed E-state index contributed by atoms with van der Waals surface area (Å²) in [5, 5.41) is 10.7. The highest BCUT2D eigenvalue weighted by Crippen LogP contribution is 2.28. The summed E-state index contributed by atoms with van der Waals surface area (Å²) in [4.78, 5) is 0. The molecular weight excluding hydrogens is 135 g/mol. The summed E-state index contributed by atoms with van der Waals surface area (Å²) in [5.74, 6) is -1.43. The van der Waals surface area contributed by atoms with Crippen LogP contribution in [0, 0.1) is 5.82 Å². The first-order valence-electron chi connectivity index (χ1n) is 2.75. The van der Waals surface area contributed by atoms with Gasteiger partial charge in [0.1, 0.15) is 0 Å². The predicted molar refractivity (Wildman–Crippen MR) is 33.1 cm³/mol. The predicted octanol–water partition coefficient (Wildman–Crippen LogP) is 1.98. The molecule has 1 radical (unpaired) electrons. The van der Waals surface area contributed by atoms with Crippen molar-refractivity contribution in [1.82, 2.24) is 0 Å². The van der Waals surface area contributed by atoms with E-state index >= 15 is 0 Å². The molecule has 0 saturated carbocycles. The number of rotatable bonds is 1. The first-order valence-corrected chi connectivity index (χ1v) is 2.75. The Balaban J connectivity index is 3.14. The molecule has 0 aliphatic carbocycles. The molecule has 1 aromatic rings. The van der Waals surface area contributed by atoms with E-state index in [2.05, 4.69) is 4.74 Å². The van der Waals surface area contributed by atoms with Crippen molar-refractivity contribution < 1.29 is 14.2 Å². The van der Waals surface area contributed by atoms with Crippen molar-refractivity contribution in [3.63, 3.8) is 0 Å². The van der Waals surface area contributed by atoms with Crippen LogP contribution in [0.25, 0.3) is 0 Å². The summed E-state index contributed by atoms with van der Waals surface area (Å²) in [7, 11) is 1.33. The highest BCUT2D eigenvalue weighted by Gasteiger charge is 2.07. The van der Waals surface area contributed by atoms with Crippen molar-refractivity contribution in [2.75, 3.05) is 7.11 Å². The molecule has 2 nitrogen and oxygen atoms in total. The number of hydrogen-bond acceptors (Lipinski definition) is 1. The van der Waals surface area contributed by atoms with Crippen LogP contribution in [0.1, 0.15) is 0 Å². The van der Waals surface area contributed by atoms with Crippen LogP contribution in [0.5, 0.6) is 11.5 Å². The molecule has 0 fully saturated rings. The Morgan fingerprint density at radius 2 is 2.20 bits per heavy atom. The van der Waals surface area contributed by atoms with E-state index in [1.165, 1.54) is 19.2 Å². The van der Waals surface area contributed by atoms with Gasteiger partial charge in [0, 0.05) is 0 Å². The number of halogens is 1. The van der Waals surface area contributed by atoms with E-state index in [1.807, 2.05) is 0 Å². The van der Waals surface area contributed by atoms with Crippen LogP contribution in [0.2, 0.25) is 0 Å². The average Bonchev–Trinajstić information content (AvgIpc) is 1.95. The Morgan fingerprint density at radius 3 is 2.70 bits per heavy atom. The topological polar surface area (TPSA) is 29.1 Å². The fourth-order valence-corrected chi connectivity index (χ4v) is 0.650. The molecule has 0 aliphatic heterocycles. The molecule has 0 atom stereocenters. The summed E-state index contributed by atoms with van der Waals surface area (Å²) >= 11 is 0. The van der Waals surface area contributed by atoms with Crippen LogP contribution >= 0.6 is 0 Å². The molecule has 53 valence electrons. The summed E-state index contributed by atoms with van der Waals surface area (Å²) in [6.45, 7) is 0. The number of methoxy groups -OCH3 is 1. The second-order valence-electron chi connectivity index (χ2n) is 1.77. The zero-order valence-electron chi connectivity index (χ0n) is 5.43. The normalized spacial score (nSPS) is 9.40. The lowest BCUT2D eigenvalue weighted by Gasteiger charge is -1.98. The molecular formula is C7H6FO2. The molecule has 10 heavy (non-hydrogen) atoms. The molecule has 0 N–H and O–H groups in total. The lowest BCUT2D eigenvalue weighted by molar-refractivity contribution is 0.296. The van der Waals surface area contributed by atoms with Gasteiger partial charge in [-0.3, -0.25) is 5.11 Å². The molecule has 1 rings (SSSR count). The van der Waals surface area contributed by atoms with E-state index in [4.69, 9.17) is 0 Å². The smallest absolute Gasteiger partial charge is 0.255 e. The molecule has 0 aliphatic rings. The third-order valence-corrected chi connectivity index (χ3v) is 1.15. The average molecular weight is 141 g/mol. The summed E-state index contributed by atoms with van der Waals surface area (Å²) in [6.07, 6.45) is 0. The minimum atomic E-state index is -0.778. The molecule has 0 spiro atoms. The second-order valence-corrected chi connectivity index (χ2v) is 1.77. The highest BCUT2D eigenvalue weighted by atomic mass is 19.1. The number of hydrogen-bond donors (Lipinski definition) is 0. The first-order chi connectivity index (χ1) is 4.75. The van der Waals surface area contributed by atoms with Gasteiger partial charge in [-0.2, -0.15) is 0 Å². The SMILES string of the molecule is COc1cccc(F)c1[O]. The quantitative estimate of drug-likeness (QED) is 0.587. The van der Waals surface area contributed by atoms with Crippen molar-refractivity contribution in [1.29, 1.82) is 0 Å². The fraction of sp³-hybridized carbons (Fsp3) is 0.143. The van der Waals surface area contributed by atoms with Gasteiger partial charge >= 0.3 is 0 Å². The largest absolute Gasteiger partial charge is 0.493 e. The van der Waals surface area contributed by atoms with Crippen LogP contribution in [0.15, 0.2) is 18.2 Å². The summed E-state index contributed by atoms with van der Waals surface area (Å²) in [5.41, 5.74) is 0. The van der Waals surface area contributed by atoms with E-state index in [-0.39, 0.29) is 5.75 Å². The second kappa shape index (κ2) is 2.56. The third-order valence-electron chi connectivity index (χ3n) is 1.15. The van der Waals surface area contributed by atoms with E-state index in [9.17, 15) is 9.50 Å². The molecule has 0 heterocycles. The molecule has 0 unspecified atom stereocenters. The molecule has 0 aromatic heterocycles. The molecule has 1 aromatic carbocycles. The molecule has 3 heteroatoms. The van der Waals surface area contributed by atoms with E-state index < -0.39 is 11.6 Å². The number of benzene rings is 1. The Bertz CT molecular complexity index is 235. The van der Waals surface area contributed by atoms with E-state index in [1.54, 1.807) is 0 Å². The maximum Gasteiger partial charge on any atom is 0.255 e. The number of para-hydroxylation sites is 1. The first kappa shape index (κ1) is 6.86. The zero-order valence-corrected chi connectivity index (χ0v) is 5.43. The van der Waals surface area contributed by atoms with Crippen LogP contribution < -0.4 is 4.74 Å². The van der Waals surface area contributed by atoms with Crippen LogP contribution in [-0.2, 0) is 5.11 Å². The van der Waals surface area contributed by atoms with Gasteiger partial charge in [0.05, 0.1) is 7.11 Å². The van der Waals surface area contributed by atoms with Crippen molar-refractivity contribution in [2.24, 2.45) is 0 Å². The third kappa shape index (κ3) is 1.03. The fourth-order valence-electron chi connectivity index (χ4n) is 0.650. The standard InChI is InChI=1S/C7H6FO2/c1-10-6-4-2-3-5(8)7(6)9/h2-4H,1H3. The molecule has 0 amide bonds. The Hall–Kier alpha value is -1.25. The van der Waals surface area contributed by atoms with Crippen LogP contribution in [-0.4, -0.2) is 7.11 Å². The Morgan fingerprint density at radius 1 is 1.50 bits per heavy atom. The van der Waals surface area contributed by atoms with Gasteiger partial charge in [-0.25, -0.2) is 4.39 Å². The maximum atomic E-state index is 12.4. The Kier molecular flexibility index (Phi) is 1.76. The van der Waals surface area contributed by atoms with Crippen molar-refractivity contribution in [3.8, 4) is 11.5 Å². The van der Waals surface area contributed by atoms with Crippen molar-refractivity contribution in [2.45, 2.75) is 0 Å². The van der Waals surface area contributed by atoms with Gasteiger partial charge in [-0.1, -0.05) is 6.07 Å². The summed E-state index contributed by atoms with van der Waals surface area (Å²) < 4.78 is 16.9. The summed E-state index contributed by atoms with van der Waals surface area (Å²) in [6, 6.07) is 3.95. The molecule has 0 bridgehead atoms. The van der Waals surface area contributed by atoms with Gasteiger partial charge in [0.2, 0.25) is 0 Å². The van der Waals surface area contributed by atoms with Crippen LogP contribution in [0.3, 0.4) is 0 Å². The van der Waals surface area contributed by atoms with Crippen LogP contribution in [0.4, 0.5) is 4.39 Å². The zero-order chi connectivity index (χ0) is 7.56. The van der Waals surface area contributed by atoms with Gasteiger partial charge in [-0.05, 0) is 12.1 Å². The van der Waals surface area contributed by atoms with Gasteiger partial charge in [0.25, 0.3) is 5.75 Å². The van der Waals surface area contributed by atoms with E-state index in [0.717, 1.165) is 6.07 Å². The van der Waals surface area contributed by atoms with Gasteiger partial charge < -0.3 is 4.74 Å². The van der Waals surface area contributed by atoms with Gasteiger partial charge in [-0.15, -0.1) is 0 Å². The minimum absolute atomic E-state index is 0.0417. The monoisotopic (exact) mass is 141 g/mol. The maximum absolute atomic E-state index is 12.4. The Labute approximate surface area is 57.9 Å².